The van der Waals surface area contributed by atoms with Gasteiger partial charge < -0.3 is 5.11 Å². The SMILES string of the molecule is Oc1ccc2cccc([C@H]3CCCN(Cc4ccccc4)C3)c2c1. The first-order valence-electron chi connectivity index (χ1n) is 8.77. The van der Waals surface area contributed by atoms with Crippen LogP contribution in [0.25, 0.3) is 10.8 Å². The Kier molecular flexibility index (Phi) is 4.22. The van der Waals surface area contributed by atoms with Gasteiger partial charge in [0.15, 0.2) is 0 Å². The summed E-state index contributed by atoms with van der Waals surface area (Å²) in [7, 11) is 0. The molecule has 0 unspecified atom stereocenters. The second kappa shape index (κ2) is 6.66. The van der Waals surface area contributed by atoms with Gasteiger partial charge in [0.25, 0.3) is 0 Å². The molecule has 2 nitrogen and oxygen atoms in total. The molecular weight excluding hydrogens is 294 g/mol. The van der Waals surface area contributed by atoms with Gasteiger partial charge in [-0.1, -0.05) is 54.6 Å². The smallest absolute Gasteiger partial charge is 0.116 e. The molecule has 0 aromatic heterocycles. The number of hydrogen-bond donors (Lipinski definition) is 1. The van der Waals surface area contributed by atoms with Gasteiger partial charge in [0.2, 0.25) is 0 Å². The molecule has 3 aromatic carbocycles. The highest BCUT2D eigenvalue weighted by atomic mass is 16.3. The monoisotopic (exact) mass is 317 g/mol. The minimum Gasteiger partial charge on any atom is -0.508 e. The quantitative estimate of drug-likeness (QED) is 0.741. The average molecular weight is 317 g/mol. The molecule has 0 radical (unpaired) electrons. The summed E-state index contributed by atoms with van der Waals surface area (Å²) in [4.78, 5) is 2.56. The number of piperidine rings is 1. The maximum Gasteiger partial charge on any atom is 0.116 e. The van der Waals surface area contributed by atoms with E-state index in [2.05, 4.69) is 53.4 Å². The highest BCUT2D eigenvalue weighted by Gasteiger charge is 2.22. The standard InChI is InChI=1S/C22H23NO/c24-20-12-11-18-8-4-10-21(22(18)14-20)19-9-5-13-23(16-19)15-17-6-2-1-3-7-17/h1-4,6-8,10-12,14,19,24H,5,9,13,15-16H2/t19-/m0/s1. The van der Waals surface area contributed by atoms with E-state index in [1.54, 1.807) is 6.07 Å². The van der Waals surface area contributed by atoms with Crippen LogP contribution in [0, 0.1) is 0 Å². The Morgan fingerprint density at radius 2 is 1.83 bits per heavy atom. The van der Waals surface area contributed by atoms with E-state index in [1.807, 2.05) is 12.1 Å². The van der Waals surface area contributed by atoms with Gasteiger partial charge in [-0.15, -0.1) is 0 Å². The van der Waals surface area contributed by atoms with Gasteiger partial charge in [-0.05, 0) is 59.3 Å². The van der Waals surface area contributed by atoms with Crippen molar-refractivity contribution < 1.29 is 5.11 Å². The van der Waals surface area contributed by atoms with Crippen LogP contribution in [0.5, 0.6) is 5.75 Å². The molecule has 1 heterocycles. The molecule has 2 heteroatoms. The van der Waals surface area contributed by atoms with Crippen LogP contribution >= 0.6 is 0 Å². The summed E-state index contributed by atoms with van der Waals surface area (Å²) in [5, 5.41) is 12.3. The minimum atomic E-state index is 0.354. The Morgan fingerprint density at radius 3 is 2.71 bits per heavy atom. The molecule has 0 spiro atoms. The van der Waals surface area contributed by atoms with Crippen LogP contribution in [0.2, 0.25) is 0 Å². The molecule has 4 rings (SSSR count). The van der Waals surface area contributed by atoms with Crippen molar-refractivity contribution in [1.82, 2.24) is 4.90 Å². The van der Waals surface area contributed by atoms with Crippen molar-refractivity contribution in [2.45, 2.75) is 25.3 Å². The van der Waals surface area contributed by atoms with E-state index in [4.69, 9.17) is 0 Å². The first kappa shape index (κ1) is 15.2. The molecule has 1 atom stereocenters. The number of phenolic OH excluding ortho intramolecular Hbond substituents is 1. The number of phenols is 1. The summed E-state index contributed by atoms with van der Waals surface area (Å²) in [5.41, 5.74) is 2.76. The van der Waals surface area contributed by atoms with Gasteiger partial charge in [-0.25, -0.2) is 0 Å². The summed E-state index contributed by atoms with van der Waals surface area (Å²) >= 11 is 0. The van der Waals surface area contributed by atoms with Crippen LogP contribution in [0.1, 0.15) is 29.9 Å². The molecule has 122 valence electrons. The van der Waals surface area contributed by atoms with Gasteiger partial charge in [-0.2, -0.15) is 0 Å². The summed E-state index contributed by atoms with van der Waals surface area (Å²) in [6.07, 6.45) is 2.45. The molecular formula is C22H23NO. The molecule has 0 saturated carbocycles. The normalized spacial score (nSPS) is 18.8. The molecule has 1 N–H and O–H groups in total. The predicted molar refractivity (Wildman–Crippen MR) is 99.3 cm³/mol. The molecule has 1 fully saturated rings. The fourth-order valence-electron chi connectivity index (χ4n) is 3.94. The molecule has 3 aromatic rings. The molecule has 24 heavy (non-hydrogen) atoms. The van der Waals surface area contributed by atoms with Crippen LogP contribution in [-0.4, -0.2) is 23.1 Å². The fraction of sp³-hybridized carbons (Fsp3) is 0.273. The number of benzene rings is 3. The number of aromatic hydroxyl groups is 1. The van der Waals surface area contributed by atoms with Crippen molar-refractivity contribution in [1.29, 1.82) is 0 Å². The third-order valence-corrected chi connectivity index (χ3v) is 5.09. The van der Waals surface area contributed by atoms with Crippen molar-refractivity contribution in [3.05, 3.63) is 77.9 Å². The van der Waals surface area contributed by atoms with E-state index in [1.165, 1.54) is 41.3 Å². The minimum absolute atomic E-state index is 0.354. The summed E-state index contributed by atoms with van der Waals surface area (Å²) in [6.45, 7) is 3.28. The maximum atomic E-state index is 9.89. The Labute approximate surface area is 143 Å². The molecule has 0 bridgehead atoms. The van der Waals surface area contributed by atoms with Crippen molar-refractivity contribution in [2.24, 2.45) is 0 Å². The zero-order valence-electron chi connectivity index (χ0n) is 13.9. The van der Waals surface area contributed by atoms with Crippen LogP contribution in [0.15, 0.2) is 66.7 Å². The number of fused-ring (bicyclic) bond motifs is 1. The lowest BCUT2D eigenvalue weighted by atomic mass is 9.87. The van der Waals surface area contributed by atoms with Crippen molar-refractivity contribution in [3.63, 3.8) is 0 Å². The van der Waals surface area contributed by atoms with Gasteiger partial charge in [0, 0.05) is 13.1 Å². The van der Waals surface area contributed by atoms with Crippen LogP contribution in [-0.2, 0) is 6.54 Å². The number of hydrogen-bond acceptors (Lipinski definition) is 2. The molecule has 1 saturated heterocycles. The largest absolute Gasteiger partial charge is 0.508 e. The lowest BCUT2D eigenvalue weighted by Crippen LogP contribution is -2.33. The van der Waals surface area contributed by atoms with E-state index < -0.39 is 0 Å². The highest BCUT2D eigenvalue weighted by molar-refractivity contribution is 5.87. The molecule has 0 amide bonds. The Balaban J connectivity index is 1.59. The topological polar surface area (TPSA) is 23.5 Å². The van der Waals surface area contributed by atoms with E-state index in [0.717, 1.165) is 13.1 Å². The van der Waals surface area contributed by atoms with E-state index in [-0.39, 0.29) is 0 Å². The van der Waals surface area contributed by atoms with Gasteiger partial charge in [-0.3, -0.25) is 4.90 Å². The zero-order valence-corrected chi connectivity index (χ0v) is 13.9. The van der Waals surface area contributed by atoms with Gasteiger partial charge in [0.1, 0.15) is 5.75 Å². The zero-order chi connectivity index (χ0) is 16.4. The summed E-state index contributed by atoms with van der Waals surface area (Å²) in [6, 6.07) is 22.9. The van der Waals surface area contributed by atoms with Crippen molar-refractivity contribution in [2.75, 3.05) is 13.1 Å². The second-order valence-corrected chi connectivity index (χ2v) is 6.81. The highest BCUT2D eigenvalue weighted by Crippen LogP contribution is 2.34. The Morgan fingerprint density at radius 1 is 0.958 bits per heavy atom. The lowest BCUT2D eigenvalue weighted by Gasteiger charge is -2.33. The average Bonchev–Trinajstić information content (AvgIpc) is 2.62. The molecule has 1 aliphatic heterocycles. The van der Waals surface area contributed by atoms with Crippen molar-refractivity contribution in [3.8, 4) is 5.75 Å². The van der Waals surface area contributed by atoms with E-state index >= 15 is 0 Å². The third-order valence-electron chi connectivity index (χ3n) is 5.09. The van der Waals surface area contributed by atoms with Gasteiger partial charge >= 0.3 is 0 Å². The van der Waals surface area contributed by atoms with E-state index in [9.17, 15) is 5.11 Å². The molecule has 1 aliphatic rings. The molecule has 0 aliphatic carbocycles. The summed E-state index contributed by atoms with van der Waals surface area (Å²) < 4.78 is 0. The third kappa shape index (κ3) is 3.15. The van der Waals surface area contributed by atoms with Crippen LogP contribution in [0.3, 0.4) is 0 Å². The Bertz CT molecular complexity index is 828. The van der Waals surface area contributed by atoms with Crippen LogP contribution in [0.4, 0.5) is 0 Å². The van der Waals surface area contributed by atoms with E-state index in [0.29, 0.717) is 11.7 Å². The van der Waals surface area contributed by atoms with Gasteiger partial charge in [0.05, 0.1) is 0 Å². The fourth-order valence-corrected chi connectivity index (χ4v) is 3.94. The lowest BCUT2D eigenvalue weighted by molar-refractivity contribution is 0.201. The maximum absolute atomic E-state index is 9.89. The van der Waals surface area contributed by atoms with Crippen molar-refractivity contribution >= 4 is 10.8 Å². The first-order valence-corrected chi connectivity index (χ1v) is 8.77. The van der Waals surface area contributed by atoms with Crippen LogP contribution < -0.4 is 0 Å². The summed E-state index contributed by atoms with van der Waals surface area (Å²) in [5.74, 6) is 0.889. The number of rotatable bonds is 3. The number of likely N-dealkylation sites (tertiary alicyclic amines) is 1. The Hall–Kier alpha value is -2.32. The number of nitrogens with zero attached hydrogens (tertiary/aromatic N) is 1. The second-order valence-electron chi connectivity index (χ2n) is 6.81. The predicted octanol–water partition coefficient (Wildman–Crippen LogP) is 4.93. The first-order chi connectivity index (χ1) is 11.8.